The van der Waals surface area contributed by atoms with E-state index in [1.165, 1.54) is 16.4 Å². The van der Waals surface area contributed by atoms with Crippen molar-refractivity contribution in [1.82, 2.24) is 23.9 Å². The van der Waals surface area contributed by atoms with Gasteiger partial charge in [0.05, 0.1) is 18.1 Å². The average Bonchev–Trinajstić information content (AvgIpc) is 3.32. The van der Waals surface area contributed by atoms with Crippen LogP contribution < -0.4 is 0 Å². The summed E-state index contributed by atoms with van der Waals surface area (Å²) in [6.45, 7) is 1.00. The number of hydrogen-bond donors (Lipinski definition) is 0. The molecule has 0 aliphatic carbocycles. The molecule has 1 fully saturated rings. The Morgan fingerprint density at radius 1 is 1.04 bits per heavy atom. The summed E-state index contributed by atoms with van der Waals surface area (Å²) in [5.41, 5.74) is 1.92. The fourth-order valence-electron chi connectivity index (χ4n) is 3.46. The van der Waals surface area contributed by atoms with Crippen molar-refractivity contribution >= 4 is 10.0 Å². The van der Waals surface area contributed by atoms with E-state index in [0.717, 1.165) is 18.5 Å². The first kappa shape index (κ1) is 17.0. The zero-order valence-corrected chi connectivity index (χ0v) is 15.4. The van der Waals surface area contributed by atoms with Crippen LogP contribution >= 0.6 is 0 Å². The molecule has 1 aliphatic rings. The van der Waals surface area contributed by atoms with Gasteiger partial charge in [-0.1, -0.05) is 18.2 Å². The van der Waals surface area contributed by atoms with Crippen LogP contribution in [0, 0.1) is 0 Å². The molecule has 0 radical (unpaired) electrons. The van der Waals surface area contributed by atoms with Gasteiger partial charge in [0.1, 0.15) is 0 Å². The van der Waals surface area contributed by atoms with E-state index in [2.05, 4.69) is 10.2 Å². The molecule has 8 heteroatoms. The SMILES string of the molecule is Cn1cc(C2CCN(S(=O)(=O)c3ccnn3-c3ccccc3)CC2)cn1. The van der Waals surface area contributed by atoms with Gasteiger partial charge in [-0.25, -0.2) is 13.1 Å². The number of sulfonamides is 1. The van der Waals surface area contributed by atoms with E-state index in [9.17, 15) is 8.42 Å². The maximum Gasteiger partial charge on any atom is 0.260 e. The van der Waals surface area contributed by atoms with Crippen LogP contribution in [0.4, 0.5) is 0 Å². The van der Waals surface area contributed by atoms with Crippen LogP contribution in [0.1, 0.15) is 24.3 Å². The Labute approximate surface area is 152 Å². The Morgan fingerprint density at radius 2 is 1.77 bits per heavy atom. The normalized spacial score (nSPS) is 16.8. The summed E-state index contributed by atoms with van der Waals surface area (Å²) in [6.07, 6.45) is 7.01. The molecule has 1 saturated heterocycles. The average molecular weight is 371 g/mol. The number of aromatic nitrogens is 4. The number of hydrogen-bond acceptors (Lipinski definition) is 4. The second-order valence-corrected chi connectivity index (χ2v) is 8.43. The standard InChI is InChI=1S/C18H21N5O2S/c1-21-14-16(13-20-21)15-8-11-22(12-9-15)26(24,25)18-7-10-19-23(18)17-5-3-2-4-6-17/h2-7,10,13-15H,8-9,11-12H2,1H3. The van der Waals surface area contributed by atoms with Crippen molar-refractivity contribution in [2.45, 2.75) is 23.8 Å². The van der Waals surface area contributed by atoms with Crippen molar-refractivity contribution in [1.29, 1.82) is 0 Å². The largest absolute Gasteiger partial charge is 0.276 e. The highest BCUT2D eigenvalue weighted by atomic mass is 32.2. The van der Waals surface area contributed by atoms with Crippen LogP contribution in [0.5, 0.6) is 0 Å². The molecule has 0 spiro atoms. The van der Waals surface area contributed by atoms with Crippen LogP contribution in [0.2, 0.25) is 0 Å². The molecule has 0 unspecified atom stereocenters. The summed E-state index contributed by atoms with van der Waals surface area (Å²) in [4.78, 5) is 0. The van der Waals surface area contributed by atoms with E-state index in [1.54, 1.807) is 15.1 Å². The molecule has 0 bridgehead atoms. The van der Waals surface area contributed by atoms with Crippen LogP contribution in [-0.2, 0) is 17.1 Å². The van der Waals surface area contributed by atoms with E-state index in [0.29, 0.717) is 19.0 Å². The van der Waals surface area contributed by atoms with Gasteiger partial charge < -0.3 is 0 Å². The van der Waals surface area contributed by atoms with Crippen molar-refractivity contribution in [3.8, 4) is 5.69 Å². The van der Waals surface area contributed by atoms with Crippen LogP contribution in [0.25, 0.3) is 5.69 Å². The highest BCUT2D eigenvalue weighted by Crippen LogP contribution is 2.30. The topological polar surface area (TPSA) is 73.0 Å². The van der Waals surface area contributed by atoms with Gasteiger partial charge in [-0.05, 0) is 42.5 Å². The zero-order valence-electron chi connectivity index (χ0n) is 14.6. The molecule has 136 valence electrons. The third-order valence-corrected chi connectivity index (χ3v) is 6.75. The molecule has 1 aromatic carbocycles. The summed E-state index contributed by atoms with van der Waals surface area (Å²) in [7, 11) is -1.69. The van der Waals surface area contributed by atoms with E-state index in [1.807, 2.05) is 49.8 Å². The Bertz CT molecular complexity index is 986. The summed E-state index contributed by atoms with van der Waals surface area (Å²) >= 11 is 0. The first-order chi connectivity index (χ1) is 12.6. The lowest BCUT2D eigenvalue weighted by atomic mass is 9.93. The number of aryl methyl sites for hydroxylation is 1. The minimum Gasteiger partial charge on any atom is -0.276 e. The number of rotatable bonds is 4. The van der Waals surface area contributed by atoms with Crippen molar-refractivity contribution in [2.24, 2.45) is 7.05 Å². The van der Waals surface area contributed by atoms with Gasteiger partial charge in [0.25, 0.3) is 10.0 Å². The third kappa shape index (κ3) is 3.06. The minimum absolute atomic E-state index is 0.212. The van der Waals surface area contributed by atoms with Gasteiger partial charge in [-0.3, -0.25) is 4.68 Å². The molecule has 4 rings (SSSR count). The second-order valence-electron chi connectivity index (χ2n) is 6.54. The summed E-state index contributed by atoms with van der Waals surface area (Å²) < 4.78 is 31.1. The molecule has 0 atom stereocenters. The van der Waals surface area contributed by atoms with E-state index in [-0.39, 0.29) is 5.03 Å². The number of piperidine rings is 1. The molecule has 2 aromatic heterocycles. The molecule has 0 N–H and O–H groups in total. The monoisotopic (exact) mass is 371 g/mol. The molecule has 26 heavy (non-hydrogen) atoms. The maximum absolute atomic E-state index is 13.1. The Hall–Kier alpha value is -2.45. The fourth-order valence-corrected chi connectivity index (χ4v) is 5.02. The van der Waals surface area contributed by atoms with Gasteiger partial charge in [-0.2, -0.15) is 14.5 Å². The van der Waals surface area contributed by atoms with Crippen LogP contribution in [0.3, 0.4) is 0 Å². The highest BCUT2D eigenvalue weighted by molar-refractivity contribution is 7.89. The van der Waals surface area contributed by atoms with E-state index >= 15 is 0 Å². The van der Waals surface area contributed by atoms with Crippen molar-refractivity contribution < 1.29 is 8.42 Å². The van der Waals surface area contributed by atoms with Crippen molar-refractivity contribution in [3.63, 3.8) is 0 Å². The quantitative estimate of drug-likeness (QED) is 0.705. The van der Waals surface area contributed by atoms with Gasteiger partial charge in [0.2, 0.25) is 0 Å². The molecule has 0 saturated carbocycles. The first-order valence-corrected chi connectivity index (χ1v) is 10.1. The minimum atomic E-state index is -3.58. The zero-order chi connectivity index (χ0) is 18.1. The summed E-state index contributed by atoms with van der Waals surface area (Å²) in [5.74, 6) is 0.356. The first-order valence-electron chi connectivity index (χ1n) is 8.64. The predicted octanol–water partition coefficient (Wildman–Crippen LogP) is 2.17. The summed E-state index contributed by atoms with van der Waals surface area (Å²) in [5, 5.41) is 8.64. The molecule has 0 amide bonds. The van der Waals surface area contributed by atoms with E-state index < -0.39 is 10.0 Å². The lowest BCUT2D eigenvalue weighted by molar-refractivity contribution is 0.318. The molecule has 3 aromatic rings. The Balaban J connectivity index is 1.55. The molecule has 7 nitrogen and oxygen atoms in total. The van der Waals surface area contributed by atoms with Crippen LogP contribution in [0.15, 0.2) is 60.0 Å². The van der Waals surface area contributed by atoms with Gasteiger partial charge in [0.15, 0.2) is 5.03 Å². The second kappa shape index (κ2) is 6.69. The number of para-hydroxylation sites is 1. The smallest absolute Gasteiger partial charge is 0.260 e. The molecule has 1 aliphatic heterocycles. The fraction of sp³-hybridized carbons (Fsp3) is 0.333. The van der Waals surface area contributed by atoms with Crippen molar-refractivity contribution in [2.75, 3.05) is 13.1 Å². The van der Waals surface area contributed by atoms with Gasteiger partial charge in [0, 0.05) is 26.3 Å². The predicted molar refractivity (Wildman–Crippen MR) is 97.5 cm³/mol. The summed E-state index contributed by atoms with van der Waals surface area (Å²) in [6, 6.07) is 10.9. The maximum atomic E-state index is 13.1. The number of nitrogens with zero attached hydrogens (tertiary/aromatic N) is 5. The molecule has 3 heterocycles. The van der Waals surface area contributed by atoms with Crippen LogP contribution in [-0.4, -0.2) is 45.4 Å². The molecular weight excluding hydrogens is 350 g/mol. The number of benzene rings is 1. The lowest BCUT2D eigenvalue weighted by Crippen LogP contribution is -2.38. The van der Waals surface area contributed by atoms with Gasteiger partial charge >= 0.3 is 0 Å². The Kier molecular flexibility index (Phi) is 4.37. The van der Waals surface area contributed by atoms with Gasteiger partial charge in [-0.15, -0.1) is 0 Å². The third-order valence-electron chi connectivity index (χ3n) is 4.86. The highest BCUT2D eigenvalue weighted by Gasteiger charge is 2.32. The van der Waals surface area contributed by atoms with E-state index in [4.69, 9.17) is 0 Å². The molecular formula is C18H21N5O2S. The Morgan fingerprint density at radius 3 is 2.42 bits per heavy atom. The van der Waals surface area contributed by atoms with Crippen molar-refractivity contribution in [3.05, 3.63) is 60.6 Å². The lowest BCUT2D eigenvalue weighted by Gasteiger charge is -2.30.